The van der Waals surface area contributed by atoms with Gasteiger partial charge in [-0.2, -0.15) is 10.2 Å². The maximum Gasteiger partial charge on any atom is 0.356 e. The molecule has 1 N–H and O–H groups in total. The van der Waals surface area contributed by atoms with E-state index in [0.29, 0.717) is 13.1 Å². The van der Waals surface area contributed by atoms with Gasteiger partial charge < -0.3 is 10.0 Å². The Bertz CT molecular complexity index is 773. The molecule has 2 aromatic rings. The monoisotopic (exact) mass is 346 g/mol. The molecule has 1 aliphatic rings. The number of carboxylic acids is 1. The fourth-order valence-electron chi connectivity index (χ4n) is 2.90. The third kappa shape index (κ3) is 3.87. The molecule has 1 aliphatic heterocycles. The van der Waals surface area contributed by atoms with E-state index in [-0.39, 0.29) is 18.1 Å². The number of hydrogen-bond donors (Lipinski definition) is 1. The number of carbonyl (C=O) groups is 2. The molecule has 9 nitrogen and oxygen atoms in total. The van der Waals surface area contributed by atoms with Crippen molar-refractivity contribution < 1.29 is 14.7 Å². The maximum atomic E-state index is 12.4. The Kier molecular flexibility index (Phi) is 4.84. The van der Waals surface area contributed by atoms with Crippen molar-refractivity contribution in [1.29, 1.82) is 0 Å². The van der Waals surface area contributed by atoms with Crippen molar-refractivity contribution in [3.8, 4) is 0 Å². The number of carboxylic acid groups (broad SMARTS) is 1. The summed E-state index contributed by atoms with van der Waals surface area (Å²) in [5, 5.41) is 17.0. The zero-order valence-electron chi connectivity index (χ0n) is 14.4. The largest absolute Gasteiger partial charge is 0.476 e. The Morgan fingerprint density at radius 2 is 1.96 bits per heavy atom. The molecular formula is C16H22N6O3. The first-order chi connectivity index (χ1) is 11.9. The Labute approximate surface area is 145 Å². The molecule has 0 aliphatic carbocycles. The minimum Gasteiger partial charge on any atom is -0.476 e. The van der Waals surface area contributed by atoms with Crippen LogP contribution in [-0.4, -0.2) is 72.5 Å². The van der Waals surface area contributed by atoms with Crippen molar-refractivity contribution in [2.45, 2.75) is 20.0 Å². The molecular weight excluding hydrogens is 324 g/mol. The lowest BCUT2D eigenvalue weighted by molar-refractivity contribution is -0.133. The van der Waals surface area contributed by atoms with E-state index in [0.717, 1.165) is 25.3 Å². The van der Waals surface area contributed by atoms with E-state index in [2.05, 4.69) is 22.0 Å². The van der Waals surface area contributed by atoms with Gasteiger partial charge >= 0.3 is 5.97 Å². The van der Waals surface area contributed by atoms with E-state index in [1.165, 1.54) is 22.5 Å². The molecule has 2 aromatic heterocycles. The van der Waals surface area contributed by atoms with Crippen LogP contribution in [0.15, 0.2) is 18.5 Å². The normalized spacial score (nSPS) is 15.5. The molecule has 0 unspecified atom stereocenters. The van der Waals surface area contributed by atoms with Crippen LogP contribution in [-0.2, 0) is 24.9 Å². The average molecular weight is 346 g/mol. The van der Waals surface area contributed by atoms with Gasteiger partial charge in [-0.3, -0.25) is 19.1 Å². The molecule has 25 heavy (non-hydrogen) atoms. The Morgan fingerprint density at radius 3 is 2.52 bits per heavy atom. The van der Waals surface area contributed by atoms with Crippen LogP contribution in [0, 0.1) is 6.92 Å². The van der Waals surface area contributed by atoms with Crippen molar-refractivity contribution in [2.75, 3.05) is 26.2 Å². The fourth-order valence-corrected chi connectivity index (χ4v) is 2.90. The predicted molar refractivity (Wildman–Crippen MR) is 89.0 cm³/mol. The smallest absolute Gasteiger partial charge is 0.356 e. The molecule has 3 rings (SSSR count). The molecule has 0 spiro atoms. The van der Waals surface area contributed by atoms with Crippen molar-refractivity contribution in [1.82, 2.24) is 29.4 Å². The number of aryl methyl sites for hydroxylation is 1. The van der Waals surface area contributed by atoms with Gasteiger partial charge in [-0.1, -0.05) is 0 Å². The highest BCUT2D eigenvalue weighted by atomic mass is 16.4. The van der Waals surface area contributed by atoms with Crippen LogP contribution in [0.25, 0.3) is 0 Å². The molecule has 0 bridgehead atoms. The lowest BCUT2D eigenvalue weighted by Crippen LogP contribution is -2.49. The number of aromatic nitrogens is 4. The number of hydrogen-bond acceptors (Lipinski definition) is 5. The van der Waals surface area contributed by atoms with Crippen LogP contribution in [0.2, 0.25) is 0 Å². The highest BCUT2D eigenvalue weighted by Crippen LogP contribution is 2.12. The number of carbonyl (C=O) groups excluding carboxylic acids is 1. The van der Waals surface area contributed by atoms with Crippen LogP contribution in [0.4, 0.5) is 0 Å². The van der Waals surface area contributed by atoms with Gasteiger partial charge in [0, 0.05) is 57.2 Å². The summed E-state index contributed by atoms with van der Waals surface area (Å²) in [6.45, 7) is 5.88. The van der Waals surface area contributed by atoms with Gasteiger partial charge in [0.1, 0.15) is 6.54 Å². The van der Waals surface area contributed by atoms with Crippen LogP contribution < -0.4 is 0 Å². The summed E-state index contributed by atoms with van der Waals surface area (Å²) in [6, 6.07) is 1.39. The molecule has 1 saturated heterocycles. The number of rotatable bonds is 5. The van der Waals surface area contributed by atoms with E-state index in [1.54, 1.807) is 4.90 Å². The number of nitrogens with zero attached hydrogens (tertiary/aromatic N) is 6. The summed E-state index contributed by atoms with van der Waals surface area (Å²) in [5.41, 5.74) is 2.32. The maximum absolute atomic E-state index is 12.4. The van der Waals surface area contributed by atoms with Crippen LogP contribution in [0.5, 0.6) is 0 Å². The molecule has 9 heteroatoms. The van der Waals surface area contributed by atoms with Crippen molar-refractivity contribution in [3.05, 3.63) is 35.4 Å². The summed E-state index contributed by atoms with van der Waals surface area (Å²) in [4.78, 5) is 27.3. The SMILES string of the molecule is Cc1c(CN2CCN(C(=O)Cn3ccc(C(=O)O)n3)CC2)cnn1C. The molecule has 0 atom stereocenters. The van der Waals surface area contributed by atoms with Gasteiger partial charge in [0.25, 0.3) is 0 Å². The Hall–Kier alpha value is -2.68. The first-order valence-corrected chi connectivity index (χ1v) is 8.18. The third-order valence-corrected chi connectivity index (χ3v) is 4.61. The Morgan fingerprint density at radius 1 is 1.24 bits per heavy atom. The van der Waals surface area contributed by atoms with Crippen molar-refractivity contribution >= 4 is 11.9 Å². The van der Waals surface area contributed by atoms with E-state index in [1.807, 2.05) is 17.9 Å². The lowest BCUT2D eigenvalue weighted by atomic mass is 10.2. The third-order valence-electron chi connectivity index (χ3n) is 4.61. The molecule has 0 aromatic carbocycles. The van der Waals surface area contributed by atoms with E-state index >= 15 is 0 Å². The molecule has 0 saturated carbocycles. The van der Waals surface area contributed by atoms with Crippen LogP contribution in [0.3, 0.4) is 0 Å². The zero-order chi connectivity index (χ0) is 18.0. The molecule has 1 amide bonds. The Balaban J connectivity index is 1.50. The summed E-state index contributed by atoms with van der Waals surface area (Å²) >= 11 is 0. The predicted octanol–water partition coefficient (Wildman–Crippen LogP) is -0.0324. The van der Waals surface area contributed by atoms with Gasteiger partial charge in [-0.25, -0.2) is 4.79 Å². The van der Waals surface area contributed by atoms with Gasteiger partial charge in [0.15, 0.2) is 5.69 Å². The number of aromatic carboxylic acids is 1. The van der Waals surface area contributed by atoms with Crippen LogP contribution in [0.1, 0.15) is 21.7 Å². The topological polar surface area (TPSA) is 96.5 Å². The van der Waals surface area contributed by atoms with E-state index in [4.69, 9.17) is 5.11 Å². The van der Waals surface area contributed by atoms with Gasteiger partial charge in [0.05, 0.1) is 6.20 Å². The summed E-state index contributed by atoms with van der Waals surface area (Å²) in [5.74, 6) is -1.14. The highest BCUT2D eigenvalue weighted by Gasteiger charge is 2.22. The summed E-state index contributed by atoms with van der Waals surface area (Å²) < 4.78 is 3.24. The minimum atomic E-state index is -1.09. The van der Waals surface area contributed by atoms with E-state index in [9.17, 15) is 9.59 Å². The first-order valence-electron chi connectivity index (χ1n) is 8.18. The van der Waals surface area contributed by atoms with Gasteiger partial charge in [0.2, 0.25) is 5.91 Å². The summed E-state index contributed by atoms with van der Waals surface area (Å²) in [6.07, 6.45) is 3.41. The highest BCUT2D eigenvalue weighted by molar-refractivity contribution is 5.85. The first kappa shape index (κ1) is 17.2. The van der Waals surface area contributed by atoms with Crippen LogP contribution >= 0.6 is 0 Å². The lowest BCUT2D eigenvalue weighted by Gasteiger charge is -2.34. The molecule has 0 radical (unpaired) electrons. The molecule has 1 fully saturated rings. The molecule has 134 valence electrons. The second kappa shape index (κ2) is 7.06. The van der Waals surface area contributed by atoms with E-state index < -0.39 is 5.97 Å². The number of piperazine rings is 1. The number of amides is 1. The summed E-state index contributed by atoms with van der Waals surface area (Å²) in [7, 11) is 1.93. The quantitative estimate of drug-likeness (QED) is 0.817. The van der Waals surface area contributed by atoms with Gasteiger partial charge in [-0.15, -0.1) is 0 Å². The zero-order valence-corrected chi connectivity index (χ0v) is 14.4. The second-order valence-electron chi connectivity index (χ2n) is 6.24. The fraction of sp³-hybridized carbons (Fsp3) is 0.500. The average Bonchev–Trinajstić information content (AvgIpc) is 3.18. The van der Waals surface area contributed by atoms with Gasteiger partial charge in [-0.05, 0) is 13.0 Å². The minimum absolute atomic E-state index is 0.0442. The standard InChI is InChI=1S/C16H22N6O3/c1-12-13(9-17-19(12)2)10-20-5-7-21(8-6-20)15(23)11-22-4-3-14(18-22)16(24)25/h3-4,9H,5-8,10-11H2,1-2H3,(H,24,25). The second-order valence-corrected chi connectivity index (χ2v) is 6.24. The molecule has 3 heterocycles. The van der Waals surface area contributed by atoms with Crippen molar-refractivity contribution in [2.24, 2.45) is 7.05 Å². The van der Waals surface area contributed by atoms with Crippen molar-refractivity contribution in [3.63, 3.8) is 0 Å².